The van der Waals surface area contributed by atoms with Crippen molar-refractivity contribution in [2.75, 3.05) is 12.8 Å². The third kappa shape index (κ3) is 2.91. The summed E-state index contributed by atoms with van der Waals surface area (Å²) in [6.07, 6.45) is 0. The molecular formula is C14H11BrClNO2. The van der Waals surface area contributed by atoms with Gasteiger partial charge in [0.25, 0.3) is 0 Å². The zero-order valence-electron chi connectivity index (χ0n) is 10.1. The minimum Gasteiger partial charge on any atom is -0.496 e. The van der Waals surface area contributed by atoms with Crippen LogP contribution in [0.2, 0.25) is 5.02 Å². The lowest BCUT2D eigenvalue weighted by atomic mass is 10.0. The van der Waals surface area contributed by atoms with Crippen molar-refractivity contribution in [2.45, 2.75) is 0 Å². The standard InChI is InChI=1S/C14H11BrClNO2/c1-19-13-5-3-9(16)7-11(13)14(18)10-6-8(15)2-4-12(10)17/h2-7H,17H2,1H3. The Morgan fingerprint density at radius 3 is 2.63 bits per heavy atom. The molecule has 0 aliphatic carbocycles. The Hall–Kier alpha value is -1.52. The van der Waals surface area contributed by atoms with Gasteiger partial charge in [-0.05, 0) is 36.4 Å². The molecule has 2 N–H and O–H groups in total. The molecular weight excluding hydrogens is 330 g/mol. The van der Waals surface area contributed by atoms with Crippen molar-refractivity contribution in [3.05, 3.63) is 57.0 Å². The molecule has 0 unspecified atom stereocenters. The Morgan fingerprint density at radius 2 is 1.95 bits per heavy atom. The van der Waals surface area contributed by atoms with Crippen molar-refractivity contribution in [3.63, 3.8) is 0 Å². The number of ketones is 1. The number of hydrogen-bond acceptors (Lipinski definition) is 3. The Bertz CT molecular complexity index is 643. The van der Waals surface area contributed by atoms with E-state index < -0.39 is 0 Å². The van der Waals surface area contributed by atoms with E-state index in [0.717, 1.165) is 4.47 Å². The summed E-state index contributed by atoms with van der Waals surface area (Å²) >= 11 is 9.25. The molecule has 19 heavy (non-hydrogen) atoms. The normalized spacial score (nSPS) is 10.3. The van der Waals surface area contributed by atoms with Crippen molar-refractivity contribution < 1.29 is 9.53 Å². The number of nitrogen functional groups attached to an aromatic ring is 1. The van der Waals surface area contributed by atoms with Crippen LogP contribution in [0.3, 0.4) is 0 Å². The molecule has 0 bridgehead atoms. The van der Waals surface area contributed by atoms with Crippen molar-refractivity contribution in [2.24, 2.45) is 0 Å². The van der Waals surface area contributed by atoms with Crippen molar-refractivity contribution in [1.29, 1.82) is 0 Å². The van der Waals surface area contributed by atoms with E-state index in [1.165, 1.54) is 7.11 Å². The minimum atomic E-state index is -0.224. The molecule has 0 amide bonds. The Morgan fingerprint density at radius 1 is 1.21 bits per heavy atom. The van der Waals surface area contributed by atoms with Gasteiger partial charge in [0.05, 0.1) is 12.7 Å². The average molecular weight is 341 g/mol. The van der Waals surface area contributed by atoms with Crippen LogP contribution in [0.25, 0.3) is 0 Å². The Balaban J connectivity index is 2.55. The van der Waals surface area contributed by atoms with Crippen molar-refractivity contribution in [3.8, 4) is 5.75 Å². The fourth-order valence-corrected chi connectivity index (χ4v) is 2.26. The van der Waals surface area contributed by atoms with Crippen molar-refractivity contribution >= 4 is 39.0 Å². The maximum absolute atomic E-state index is 12.5. The highest BCUT2D eigenvalue weighted by molar-refractivity contribution is 9.10. The molecule has 0 saturated carbocycles. The van der Waals surface area contributed by atoms with Gasteiger partial charge in [-0.1, -0.05) is 27.5 Å². The lowest BCUT2D eigenvalue weighted by Gasteiger charge is -2.10. The monoisotopic (exact) mass is 339 g/mol. The molecule has 98 valence electrons. The van der Waals surface area contributed by atoms with Crippen LogP contribution in [0.5, 0.6) is 5.75 Å². The second-order valence-corrected chi connectivity index (χ2v) is 5.26. The van der Waals surface area contributed by atoms with Gasteiger partial charge in [0.1, 0.15) is 5.75 Å². The van der Waals surface area contributed by atoms with E-state index in [4.69, 9.17) is 22.1 Å². The highest BCUT2D eigenvalue weighted by Crippen LogP contribution is 2.28. The van der Waals surface area contributed by atoms with Crippen LogP contribution in [-0.4, -0.2) is 12.9 Å². The molecule has 0 radical (unpaired) electrons. The van der Waals surface area contributed by atoms with Crippen LogP contribution in [0, 0.1) is 0 Å². The quantitative estimate of drug-likeness (QED) is 0.680. The summed E-state index contributed by atoms with van der Waals surface area (Å²) in [5.74, 6) is 0.243. The fraction of sp³-hybridized carbons (Fsp3) is 0.0714. The highest BCUT2D eigenvalue weighted by Gasteiger charge is 2.17. The van der Waals surface area contributed by atoms with Gasteiger partial charge >= 0.3 is 0 Å². The molecule has 2 aromatic rings. The molecule has 2 rings (SSSR count). The van der Waals surface area contributed by atoms with Crippen LogP contribution in [0.15, 0.2) is 40.9 Å². The molecule has 2 aromatic carbocycles. The number of benzene rings is 2. The lowest BCUT2D eigenvalue weighted by Crippen LogP contribution is -2.07. The summed E-state index contributed by atoms with van der Waals surface area (Å²) in [6, 6.07) is 10.0. The number of methoxy groups -OCH3 is 1. The summed E-state index contributed by atoms with van der Waals surface area (Å²) in [6.45, 7) is 0. The Kier molecular flexibility index (Phi) is 4.12. The number of hydrogen-bond donors (Lipinski definition) is 1. The lowest BCUT2D eigenvalue weighted by molar-refractivity contribution is 0.103. The number of anilines is 1. The Labute approximate surface area is 124 Å². The van der Waals surface area contributed by atoms with E-state index in [9.17, 15) is 4.79 Å². The van der Waals surface area contributed by atoms with E-state index in [0.29, 0.717) is 27.6 Å². The molecule has 0 atom stereocenters. The summed E-state index contributed by atoms with van der Waals surface area (Å²) in [5, 5.41) is 0.470. The summed E-state index contributed by atoms with van der Waals surface area (Å²) in [4.78, 5) is 12.5. The van der Waals surface area contributed by atoms with Crippen LogP contribution in [-0.2, 0) is 0 Å². The first kappa shape index (κ1) is 13.9. The van der Waals surface area contributed by atoms with Gasteiger partial charge in [0.2, 0.25) is 0 Å². The zero-order valence-corrected chi connectivity index (χ0v) is 12.5. The summed E-state index contributed by atoms with van der Waals surface area (Å²) in [7, 11) is 1.50. The minimum absolute atomic E-state index is 0.224. The first-order valence-corrected chi connectivity index (χ1v) is 6.63. The first-order chi connectivity index (χ1) is 9.02. The van der Waals surface area contributed by atoms with Gasteiger partial charge in [0, 0.05) is 20.7 Å². The van der Waals surface area contributed by atoms with Crippen LogP contribution >= 0.6 is 27.5 Å². The van der Waals surface area contributed by atoms with Crippen molar-refractivity contribution in [1.82, 2.24) is 0 Å². The first-order valence-electron chi connectivity index (χ1n) is 5.46. The second kappa shape index (κ2) is 5.63. The molecule has 0 aliphatic heterocycles. The van der Waals surface area contributed by atoms with Crippen LogP contribution < -0.4 is 10.5 Å². The molecule has 0 spiro atoms. The fourth-order valence-electron chi connectivity index (χ4n) is 1.73. The van der Waals surface area contributed by atoms with Gasteiger partial charge in [-0.3, -0.25) is 4.79 Å². The smallest absolute Gasteiger partial charge is 0.198 e. The molecule has 5 heteroatoms. The molecule has 0 saturated heterocycles. The van der Waals surface area contributed by atoms with E-state index in [2.05, 4.69) is 15.9 Å². The molecule has 0 aromatic heterocycles. The van der Waals surface area contributed by atoms with Gasteiger partial charge in [0.15, 0.2) is 5.78 Å². The number of carbonyl (C=O) groups excluding carboxylic acids is 1. The molecule has 3 nitrogen and oxygen atoms in total. The molecule has 0 heterocycles. The molecule has 0 fully saturated rings. The van der Waals surface area contributed by atoms with E-state index in [-0.39, 0.29) is 5.78 Å². The highest BCUT2D eigenvalue weighted by atomic mass is 79.9. The van der Waals surface area contributed by atoms with E-state index in [1.54, 1.807) is 36.4 Å². The summed E-state index contributed by atoms with van der Waals surface area (Å²) in [5.41, 5.74) is 7.05. The SMILES string of the molecule is COc1ccc(Cl)cc1C(=O)c1cc(Br)ccc1N. The van der Waals surface area contributed by atoms with Gasteiger partial charge in [-0.15, -0.1) is 0 Å². The van der Waals surface area contributed by atoms with Crippen LogP contribution in [0.4, 0.5) is 5.69 Å². The third-order valence-corrected chi connectivity index (χ3v) is 3.39. The van der Waals surface area contributed by atoms with Gasteiger partial charge in [-0.25, -0.2) is 0 Å². The van der Waals surface area contributed by atoms with Crippen LogP contribution in [0.1, 0.15) is 15.9 Å². The topological polar surface area (TPSA) is 52.3 Å². The number of rotatable bonds is 3. The predicted octanol–water partition coefficient (Wildman–Crippen LogP) is 3.92. The predicted molar refractivity (Wildman–Crippen MR) is 80.0 cm³/mol. The maximum atomic E-state index is 12.5. The van der Waals surface area contributed by atoms with E-state index >= 15 is 0 Å². The number of halogens is 2. The number of carbonyl (C=O) groups is 1. The second-order valence-electron chi connectivity index (χ2n) is 3.91. The number of ether oxygens (including phenoxy) is 1. The van der Waals surface area contributed by atoms with E-state index in [1.807, 2.05) is 0 Å². The molecule has 0 aliphatic rings. The van der Waals surface area contributed by atoms with Gasteiger partial charge in [-0.2, -0.15) is 0 Å². The average Bonchev–Trinajstić information content (AvgIpc) is 2.40. The summed E-state index contributed by atoms with van der Waals surface area (Å²) < 4.78 is 5.96. The third-order valence-electron chi connectivity index (χ3n) is 2.67. The zero-order chi connectivity index (χ0) is 14.0. The largest absolute Gasteiger partial charge is 0.496 e. The van der Waals surface area contributed by atoms with Gasteiger partial charge < -0.3 is 10.5 Å². The number of nitrogens with two attached hydrogens (primary N) is 1. The maximum Gasteiger partial charge on any atom is 0.198 e.